The molecular formula is C14H22N2S2. The topological polar surface area (TPSA) is 29.3 Å². The first-order valence-corrected chi connectivity index (χ1v) is 8.95. The number of benzene rings is 1. The van der Waals surface area contributed by atoms with Crippen LogP contribution in [0.1, 0.15) is 18.4 Å². The molecule has 0 bridgehead atoms. The molecule has 0 aliphatic carbocycles. The predicted molar refractivity (Wildman–Crippen MR) is 84.9 cm³/mol. The quantitative estimate of drug-likeness (QED) is 0.859. The third kappa shape index (κ3) is 2.98. The lowest BCUT2D eigenvalue weighted by molar-refractivity contribution is 0.589. The van der Waals surface area contributed by atoms with E-state index in [0.29, 0.717) is 6.54 Å². The maximum absolute atomic E-state index is 5.94. The number of hydrogen-bond donors (Lipinski definition) is 1. The molecule has 2 rings (SSSR count). The third-order valence-corrected chi connectivity index (χ3v) is 5.61. The normalized spacial score (nSPS) is 17.2. The molecule has 18 heavy (non-hydrogen) atoms. The minimum absolute atomic E-state index is 0.634. The van der Waals surface area contributed by atoms with Crippen molar-refractivity contribution in [1.82, 2.24) is 0 Å². The molecular weight excluding hydrogens is 260 g/mol. The molecule has 1 aromatic carbocycles. The van der Waals surface area contributed by atoms with Crippen LogP contribution in [0.15, 0.2) is 23.1 Å². The van der Waals surface area contributed by atoms with Crippen LogP contribution in [0.4, 0.5) is 5.69 Å². The van der Waals surface area contributed by atoms with Crippen molar-refractivity contribution in [2.45, 2.75) is 29.5 Å². The summed E-state index contributed by atoms with van der Waals surface area (Å²) in [6.07, 6.45) is 6.92. The number of anilines is 1. The van der Waals surface area contributed by atoms with E-state index >= 15 is 0 Å². The molecule has 0 spiro atoms. The van der Waals surface area contributed by atoms with Gasteiger partial charge >= 0.3 is 0 Å². The van der Waals surface area contributed by atoms with Gasteiger partial charge in [0, 0.05) is 41.0 Å². The first-order valence-electron chi connectivity index (χ1n) is 6.43. The van der Waals surface area contributed by atoms with Gasteiger partial charge in [-0.2, -0.15) is 11.8 Å². The van der Waals surface area contributed by atoms with Crippen molar-refractivity contribution in [1.29, 1.82) is 0 Å². The van der Waals surface area contributed by atoms with Crippen LogP contribution in [-0.4, -0.2) is 30.9 Å². The van der Waals surface area contributed by atoms with Crippen molar-refractivity contribution < 1.29 is 0 Å². The second-order valence-electron chi connectivity index (χ2n) is 4.58. The molecule has 0 saturated carbocycles. The van der Waals surface area contributed by atoms with Crippen molar-refractivity contribution >= 4 is 29.2 Å². The van der Waals surface area contributed by atoms with Gasteiger partial charge in [0.05, 0.1) is 0 Å². The van der Waals surface area contributed by atoms with E-state index in [9.17, 15) is 0 Å². The van der Waals surface area contributed by atoms with Crippen LogP contribution in [0.3, 0.4) is 0 Å². The Bertz CT molecular complexity index is 387. The molecule has 1 saturated heterocycles. The van der Waals surface area contributed by atoms with Gasteiger partial charge in [-0.15, -0.1) is 11.8 Å². The summed E-state index contributed by atoms with van der Waals surface area (Å²) in [5.74, 6) is 0. The molecule has 1 heterocycles. The number of nitrogens with zero attached hydrogens (tertiary/aromatic N) is 1. The molecule has 100 valence electrons. The Labute approximate surface area is 119 Å². The second kappa shape index (κ2) is 6.73. The Kier molecular flexibility index (Phi) is 5.27. The van der Waals surface area contributed by atoms with Crippen LogP contribution in [-0.2, 0) is 6.54 Å². The van der Waals surface area contributed by atoms with E-state index in [-0.39, 0.29) is 0 Å². The average Bonchev–Trinajstić information content (AvgIpc) is 2.46. The summed E-state index contributed by atoms with van der Waals surface area (Å²) in [7, 11) is 0. The Morgan fingerprint density at radius 1 is 1.28 bits per heavy atom. The van der Waals surface area contributed by atoms with Gasteiger partial charge in [0.15, 0.2) is 0 Å². The van der Waals surface area contributed by atoms with Crippen molar-refractivity contribution in [2.24, 2.45) is 5.73 Å². The molecule has 2 nitrogen and oxygen atoms in total. The van der Waals surface area contributed by atoms with E-state index in [4.69, 9.17) is 5.73 Å². The van der Waals surface area contributed by atoms with Gasteiger partial charge in [-0.05, 0) is 37.5 Å². The van der Waals surface area contributed by atoms with E-state index in [2.05, 4.69) is 35.6 Å². The van der Waals surface area contributed by atoms with Gasteiger partial charge in [0.25, 0.3) is 0 Å². The van der Waals surface area contributed by atoms with Gasteiger partial charge in [-0.1, -0.05) is 6.07 Å². The Morgan fingerprint density at radius 2 is 2.00 bits per heavy atom. The highest BCUT2D eigenvalue weighted by Crippen LogP contribution is 2.32. The largest absolute Gasteiger partial charge is 0.371 e. The highest BCUT2D eigenvalue weighted by atomic mass is 32.2. The van der Waals surface area contributed by atoms with Gasteiger partial charge in [-0.25, -0.2) is 0 Å². The standard InChI is InChI=1S/C14H22N2S2/c1-17-11-6-8-16(9-7-11)13-4-3-5-14(18-2)12(13)10-15/h3-5,11H,6-10,15H2,1-2H3. The predicted octanol–water partition coefficient (Wildman–Crippen LogP) is 3.20. The summed E-state index contributed by atoms with van der Waals surface area (Å²) in [6, 6.07) is 6.55. The zero-order valence-corrected chi connectivity index (χ0v) is 12.8. The monoisotopic (exact) mass is 282 g/mol. The molecule has 1 fully saturated rings. The van der Waals surface area contributed by atoms with E-state index < -0.39 is 0 Å². The zero-order chi connectivity index (χ0) is 13.0. The number of piperidine rings is 1. The molecule has 0 aromatic heterocycles. The van der Waals surface area contributed by atoms with Gasteiger partial charge in [0.1, 0.15) is 0 Å². The highest BCUT2D eigenvalue weighted by Gasteiger charge is 2.20. The maximum atomic E-state index is 5.94. The molecule has 1 aliphatic heterocycles. The molecule has 0 amide bonds. The lowest BCUT2D eigenvalue weighted by atomic mass is 10.1. The van der Waals surface area contributed by atoms with Crippen molar-refractivity contribution in [3.63, 3.8) is 0 Å². The molecule has 2 N–H and O–H groups in total. The summed E-state index contributed by atoms with van der Waals surface area (Å²) in [6.45, 7) is 2.96. The van der Waals surface area contributed by atoms with Gasteiger partial charge < -0.3 is 10.6 Å². The maximum Gasteiger partial charge on any atom is 0.0423 e. The fourth-order valence-corrected chi connectivity index (χ4v) is 3.91. The SMILES string of the molecule is CSc1cccc(N2CCC(SC)CC2)c1CN. The zero-order valence-electron chi connectivity index (χ0n) is 11.2. The van der Waals surface area contributed by atoms with Crippen LogP contribution < -0.4 is 10.6 Å². The Balaban J connectivity index is 2.18. The van der Waals surface area contributed by atoms with E-state index in [1.165, 1.54) is 29.0 Å². The first kappa shape index (κ1) is 14.1. The van der Waals surface area contributed by atoms with Crippen LogP contribution in [0.2, 0.25) is 0 Å². The fourth-order valence-electron chi connectivity index (χ4n) is 2.58. The molecule has 4 heteroatoms. The average molecular weight is 282 g/mol. The van der Waals surface area contributed by atoms with Crippen molar-refractivity contribution in [2.75, 3.05) is 30.5 Å². The van der Waals surface area contributed by atoms with Crippen LogP contribution in [0.5, 0.6) is 0 Å². The smallest absolute Gasteiger partial charge is 0.0423 e. The fraction of sp³-hybridized carbons (Fsp3) is 0.571. The minimum atomic E-state index is 0.634. The van der Waals surface area contributed by atoms with Gasteiger partial charge in [-0.3, -0.25) is 0 Å². The van der Waals surface area contributed by atoms with Crippen molar-refractivity contribution in [3.8, 4) is 0 Å². The molecule has 1 aliphatic rings. The third-order valence-electron chi connectivity index (χ3n) is 3.65. The lowest BCUT2D eigenvalue weighted by Crippen LogP contribution is -2.35. The summed E-state index contributed by atoms with van der Waals surface area (Å²) < 4.78 is 0. The van der Waals surface area contributed by atoms with Crippen LogP contribution in [0, 0.1) is 0 Å². The molecule has 0 unspecified atom stereocenters. The number of thioether (sulfide) groups is 2. The van der Waals surface area contributed by atoms with E-state index in [1.54, 1.807) is 11.8 Å². The number of hydrogen-bond acceptors (Lipinski definition) is 4. The van der Waals surface area contributed by atoms with Crippen molar-refractivity contribution in [3.05, 3.63) is 23.8 Å². The molecule has 0 radical (unpaired) electrons. The Hall–Kier alpha value is -0.320. The van der Waals surface area contributed by atoms with E-state index in [0.717, 1.165) is 18.3 Å². The lowest BCUT2D eigenvalue weighted by Gasteiger charge is -2.34. The molecule has 0 atom stereocenters. The van der Waals surface area contributed by atoms with Crippen LogP contribution in [0.25, 0.3) is 0 Å². The van der Waals surface area contributed by atoms with E-state index in [1.807, 2.05) is 11.8 Å². The molecule has 1 aromatic rings. The number of rotatable bonds is 4. The first-order chi connectivity index (χ1) is 8.80. The second-order valence-corrected chi connectivity index (χ2v) is 6.57. The number of nitrogens with two attached hydrogens (primary N) is 1. The Morgan fingerprint density at radius 3 is 2.56 bits per heavy atom. The highest BCUT2D eigenvalue weighted by molar-refractivity contribution is 7.99. The summed E-state index contributed by atoms with van der Waals surface area (Å²) in [4.78, 5) is 3.83. The minimum Gasteiger partial charge on any atom is -0.371 e. The summed E-state index contributed by atoms with van der Waals surface area (Å²) in [5.41, 5.74) is 8.61. The van der Waals surface area contributed by atoms with Crippen LogP contribution >= 0.6 is 23.5 Å². The summed E-state index contributed by atoms with van der Waals surface area (Å²) >= 11 is 3.80. The van der Waals surface area contributed by atoms with Gasteiger partial charge in [0.2, 0.25) is 0 Å². The summed E-state index contributed by atoms with van der Waals surface area (Å²) in [5, 5.41) is 0.839.